The van der Waals surface area contributed by atoms with Gasteiger partial charge in [0.25, 0.3) is 0 Å². The molecule has 0 atom stereocenters. The molecule has 0 aromatic heterocycles. The highest BCUT2D eigenvalue weighted by atomic mass is 16.2. The largest absolute Gasteiger partial charge is 0.343 e. The fourth-order valence-electron chi connectivity index (χ4n) is 3.86. The summed E-state index contributed by atoms with van der Waals surface area (Å²) in [5.41, 5.74) is 0. The number of nitrogens with zero attached hydrogens (tertiary/aromatic N) is 3. The SMILES string of the molecule is CCC(=O)N1CCC(C(=O)N(C)C2CCN(C(C)C)CC2)CC1. The summed E-state index contributed by atoms with van der Waals surface area (Å²) in [7, 11) is 1.97. The lowest BCUT2D eigenvalue weighted by Crippen LogP contribution is -2.50. The molecule has 0 radical (unpaired) electrons. The van der Waals surface area contributed by atoms with E-state index in [9.17, 15) is 9.59 Å². The van der Waals surface area contributed by atoms with E-state index in [-0.39, 0.29) is 17.7 Å². The van der Waals surface area contributed by atoms with Gasteiger partial charge >= 0.3 is 0 Å². The normalized spacial score (nSPS) is 21.7. The van der Waals surface area contributed by atoms with Crippen LogP contribution in [0.5, 0.6) is 0 Å². The van der Waals surface area contributed by atoms with Crippen molar-refractivity contribution in [2.45, 2.75) is 65.0 Å². The van der Waals surface area contributed by atoms with Crippen LogP contribution in [0.4, 0.5) is 0 Å². The summed E-state index contributed by atoms with van der Waals surface area (Å²) in [6, 6.07) is 0.977. The van der Waals surface area contributed by atoms with Crippen LogP contribution in [-0.2, 0) is 9.59 Å². The highest BCUT2D eigenvalue weighted by Gasteiger charge is 2.32. The van der Waals surface area contributed by atoms with Crippen LogP contribution in [0.2, 0.25) is 0 Å². The van der Waals surface area contributed by atoms with E-state index in [1.807, 2.05) is 23.8 Å². The van der Waals surface area contributed by atoms with Crippen molar-refractivity contribution < 1.29 is 9.59 Å². The smallest absolute Gasteiger partial charge is 0.225 e. The van der Waals surface area contributed by atoms with Crippen LogP contribution in [0.25, 0.3) is 0 Å². The maximum absolute atomic E-state index is 12.8. The standard InChI is InChI=1S/C18H33N3O2/c1-5-17(22)21-10-6-15(7-11-21)18(23)19(4)16-8-12-20(13-9-16)14(2)3/h14-16H,5-13H2,1-4H3. The molecule has 2 rings (SSSR count). The monoisotopic (exact) mass is 323 g/mol. The number of hydrogen-bond acceptors (Lipinski definition) is 3. The Kier molecular flexibility index (Phi) is 6.45. The molecule has 5 heteroatoms. The lowest BCUT2D eigenvalue weighted by atomic mass is 9.93. The topological polar surface area (TPSA) is 43.9 Å². The maximum Gasteiger partial charge on any atom is 0.225 e. The first-order valence-electron chi connectivity index (χ1n) is 9.22. The second-order valence-corrected chi connectivity index (χ2v) is 7.32. The number of hydrogen-bond donors (Lipinski definition) is 0. The van der Waals surface area contributed by atoms with Gasteiger partial charge in [-0.05, 0) is 39.5 Å². The molecule has 0 aromatic carbocycles. The minimum absolute atomic E-state index is 0.101. The molecular formula is C18H33N3O2. The number of piperidine rings is 2. The Labute approximate surface area is 141 Å². The van der Waals surface area contributed by atoms with Gasteiger partial charge in [0, 0.05) is 57.6 Å². The third-order valence-electron chi connectivity index (χ3n) is 5.62. The first-order chi connectivity index (χ1) is 10.9. The van der Waals surface area contributed by atoms with Gasteiger partial charge in [0.1, 0.15) is 0 Å². The van der Waals surface area contributed by atoms with Crippen LogP contribution in [0.3, 0.4) is 0 Å². The number of likely N-dealkylation sites (tertiary alicyclic amines) is 2. The van der Waals surface area contributed by atoms with Crippen LogP contribution in [-0.4, -0.2) is 71.8 Å². The molecule has 23 heavy (non-hydrogen) atoms. The number of carbonyl (C=O) groups excluding carboxylic acids is 2. The summed E-state index contributed by atoms with van der Waals surface area (Å²) < 4.78 is 0. The summed E-state index contributed by atoms with van der Waals surface area (Å²) in [5.74, 6) is 0.603. The van der Waals surface area contributed by atoms with E-state index in [2.05, 4.69) is 18.7 Å². The molecule has 2 fully saturated rings. The van der Waals surface area contributed by atoms with Crippen LogP contribution in [0.15, 0.2) is 0 Å². The van der Waals surface area contributed by atoms with Crippen molar-refractivity contribution in [3.8, 4) is 0 Å². The molecule has 0 bridgehead atoms. The first-order valence-corrected chi connectivity index (χ1v) is 9.22. The molecule has 5 nitrogen and oxygen atoms in total. The van der Waals surface area contributed by atoms with E-state index in [0.717, 1.165) is 51.9 Å². The van der Waals surface area contributed by atoms with Gasteiger partial charge in [0.2, 0.25) is 11.8 Å². The summed E-state index contributed by atoms with van der Waals surface area (Å²) in [4.78, 5) is 30.9. The Balaban J connectivity index is 1.81. The molecular weight excluding hydrogens is 290 g/mol. The zero-order valence-corrected chi connectivity index (χ0v) is 15.3. The number of rotatable bonds is 4. The van der Waals surface area contributed by atoms with Crippen molar-refractivity contribution in [2.75, 3.05) is 33.2 Å². The minimum atomic E-state index is 0.101. The van der Waals surface area contributed by atoms with Gasteiger partial charge in [-0.2, -0.15) is 0 Å². The highest BCUT2D eigenvalue weighted by Crippen LogP contribution is 2.24. The van der Waals surface area contributed by atoms with Gasteiger partial charge in [-0.3, -0.25) is 9.59 Å². The van der Waals surface area contributed by atoms with Gasteiger partial charge in [-0.25, -0.2) is 0 Å². The van der Waals surface area contributed by atoms with Gasteiger partial charge in [-0.1, -0.05) is 6.92 Å². The maximum atomic E-state index is 12.8. The van der Waals surface area contributed by atoms with Crippen molar-refractivity contribution in [1.29, 1.82) is 0 Å². The van der Waals surface area contributed by atoms with Crippen LogP contribution < -0.4 is 0 Å². The molecule has 2 heterocycles. The summed E-state index contributed by atoms with van der Waals surface area (Å²) in [5, 5.41) is 0. The molecule has 2 amide bonds. The fraction of sp³-hybridized carbons (Fsp3) is 0.889. The van der Waals surface area contributed by atoms with Crippen molar-refractivity contribution in [2.24, 2.45) is 5.92 Å². The average molecular weight is 323 g/mol. The van der Waals surface area contributed by atoms with E-state index in [0.29, 0.717) is 18.5 Å². The zero-order chi connectivity index (χ0) is 17.0. The molecule has 132 valence electrons. The van der Waals surface area contributed by atoms with E-state index >= 15 is 0 Å². The summed E-state index contributed by atoms with van der Waals surface area (Å²) in [6.45, 7) is 10.0. The van der Waals surface area contributed by atoms with E-state index < -0.39 is 0 Å². The van der Waals surface area contributed by atoms with Gasteiger partial charge in [0.05, 0.1) is 0 Å². The molecule has 0 N–H and O–H groups in total. The van der Waals surface area contributed by atoms with Gasteiger partial charge in [0.15, 0.2) is 0 Å². The van der Waals surface area contributed by atoms with Gasteiger partial charge < -0.3 is 14.7 Å². The van der Waals surface area contributed by atoms with Crippen molar-refractivity contribution >= 4 is 11.8 Å². The Hall–Kier alpha value is -1.10. The predicted molar refractivity (Wildman–Crippen MR) is 92.1 cm³/mol. The molecule has 2 aliphatic rings. The molecule has 0 aliphatic carbocycles. The number of carbonyl (C=O) groups is 2. The van der Waals surface area contributed by atoms with Crippen molar-refractivity contribution in [3.63, 3.8) is 0 Å². The zero-order valence-electron chi connectivity index (χ0n) is 15.3. The first kappa shape index (κ1) is 18.2. The van der Waals surface area contributed by atoms with Crippen LogP contribution in [0.1, 0.15) is 52.9 Å². The predicted octanol–water partition coefficient (Wildman–Crippen LogP) is 1.97. The van der Waals surface area contributed by atoms with Gasteiger partial charge in [-0.15, -0.1) is 0 Å². The molecule has 2 aliphatic heterocycles. The third kappa shape index (κ3) is 4.46. The Bertz CT molecular complexity index is 408. The van der Waals surface area contributed by atoms with Crippen LogP contribution >= 0.6 is 0 Å². The molecule has 0 unspecified atom stereocenters. The second kappa shape index (κ2) is 8.13. The lowest BCUT2D eigenvalue weighted by molar-refractivity contribution is -0.142. The highest BCUT2D eigenvalue weighted by molar-refractivity contribution is 5.80. The van der Waals surface area contributed by atoms with E-state index in [4.69, 9.17) is 0 Å². The Morgan fingerprint density at radius 1 is 1.04 bits per heavy atom. The lowest BCUT2D eigenvalue weighted by Gasteiger charge is -2.40. The Morgan fingerprint density at radius 3 is 2.09 bits per heavy atom. The molecule has 0 saturated carbocycles. The second-order valence-electron chi connectivity index (χ2n) is 7.32. The molecule has 0 spiro atoms. The number of amides is 2. The Morgan fingerprint density at radius 2 is 1.61 bits per heavy atom. The quantitative estimate of drug-likeness (QED) is 0.794. The fourth-order valence-corrected chi connectivity index (χ4v) is 3.86. The van der Waals surface area contributed by atoms with Crippen molar-refractivity contribution in [1.82, 2.24) is 14.7 Å². The summed E-state index contributed by atoms with van der Waals surface area (Å²) in [6.07, 6.45) is 4.35. The van der Waals surface area contributed by atoms with Crippen molar-refractivity contribution in [3.05, 3.63) is 0 Å². The molecule has 2 saturated heterocycles. The average Bonchev–Trinajstić information content (AvgIpc) is 2.60. The van der Waals surface area contributed by atoms with E-state index in [1.165, 1.54) is 0 Å². The third-order valence-corrected chi connectivity index (χ3v) is 5.62. The summed E-state index contributed by atoms with van der Waals surface area (Å²) >= 11 is 0. The van der Waals surface area contributed by atoms with Crippen LogP contribution in [0, 0.1) is 5.92 Å². The molecule has 0 aromatic rings. The minimum Gasteiger partial charge on any atom is -0.343 e. The van der Waals surface area contributed by atoms with E-state index in [1.54, 1.807) is 0 Å².